The largest absolute Gasteiger partial charge is 0.494 e. The van der Waals surface area contributed by atoms with Crippen molar-refractivity contribution in [2.45, 2.75) is 18.2 Å². The minimum atomic E-state index is 0. The monoisotopic (exact) mass is 381 g/mol. The molecule has 1 radical (unpaired) electrons. The van der Waals surface area contributed by atoms with E-state index in [0.717, 1.165) is 29.1 Å². The van der Waals surface area contributed by atoms with Crippen LogP contribution in [0.4, 0.5) is 0 Å². The predicted molar refractivity (Wildman–Crippen MR) is 73.9 cm³/mol. The summed E-state index contributed by atoms with van der Waals surface area (Å²) in [5.41, 5.74) is 3.08. The van der Waals surface area contributed by atoms with Gasteiger partial charge in [-0.1, -0.05) is 28.9 Å². The Morgan fingerprint density at radius 3 is 2.67 bits per heavy atom. The summed E-state index contributed by atoms with van der Waals surface area (Å²) in [7, 11) is 0. The maximum atomic E-state index is 5.41. The number of alkyl halides is 1. The first kappa shape index (κ1) is 15.9. The number of allylic oxidation sites excluding steroid dienone is 2. The molecule has 1 heterocycles. The normalized spacial score (nSPS) is 18.4. The fourth-order valence-electron chi connectivity index (χ4n) is 1.66. The van der Waals surface area contributed by atoms with Crippen LogP contribution in [-0.2, 0) is 32.7 Å². The maximum absolute atomic E-state index is 5.41. The molecule has 0 spiro atoms. The molecule has 1 aromatic carbocycles. The van der Waals surface area contributed by atoms with Gasteiger partial charge in [-0.25, -0.2) is 6.08 Å². The Balaban J connectivity index is 0.00000162. The van der Waals surface area contributed by atoms with E-state index in [1.54, 1.807) is 0 Å². The van der Waals surface area contributed by atoms with Crippen LogP contribution in [0, 0.1) is 6.08 Å². The number of benzene rings is 1. The Bertz CT molecular complexity index is 442. The van der Waals surface area contributed by atoms with Gasteiger partial charge in [-0.15, -0.1) is 17.8 Å². The standard InChI is InChI=1S/C14H15BrNO.Y/c1-3-17-12-6-4-11(5-7-12)14-9-8-13(15)10(2)16-14;/h4-7,13,16H,2-3,8H2,1H3;/q-1;. The molecule has 1 atom stereocenters. The quantitative estimate of drug-likeness (QED) is 0.639. The smallest absolute Gasteiger partial charge is 0.116 e. The van der Waals surface area contributed by atoms with Gasteiger partial charge < -0.3 is 10.1 Å². The molecule has 93 valence electrons. The Kier molecular flexibility index (Phi) is 6.61. The topological polar surface area (TPSA) is 21.3 Å². The van der Waals surface area contributed by atoms with Crippen molar-refractivity contribution >= 4 is 21.6 Å². The number of nitrogens with one attached hydrogen (secondary N) is 1. The molecule has 0 aliphatic carbocycles. The van der Waals surface area contributed by atoms with Crippen molar-refractivity contribution in [1.29, 1.82) is 0 Å². The molecule has 0 fully saturated rings. The third-order valence-electron chi connectivity index (χ3n) is 2.58. The molecule has 1 aliphatic rings. The molecule has 0 saturated heterocycles. The fourth-order valence-corrected chi connectivity index (χ4v) is 1.93. The summed E-state index contributed by atoms with van der Waals surface area (Å²) < 4.78 is 5.41. The summed E-state index contributed by atoms with van der Waals surface area (Å²) in [6.45, 7) is 6.64. The Hall–Kier alpha value is -0.116. The first-order chi connectivity index (χ1) is 8.20. The summed E-state index contributed by atoms with van der Waals surface area (Å²) in [6, 6.07) is 8.00. The molecule has 1 aromatic rings. The second kappa shape index (κ2) is 7.47. The third kappa shape index (κ3) is 3.94. The molecule has 0 saturated carbocycles. The van der Waals surface area contributed by atoms with E-state index in [2.05, 4.69) is 33.9 Å². The zero-order valence-electron chi connectivity index (χ0n) is 10.4. The van der Waals surface area contributed by atoms with E-state index in [-0.39, 0.29) is 37.5 Å². The van der Waals surface area contributed by atoms with Crippen molar-refractivity contribution in [1.82, 2.24) is 5.32 Å². The zero-order valence-corrected chi connectivity index (χ0v) is 14.8. The van der Waals surface area contributed by atoms with E-state index in [1.165, 1.54) is 0 Å². The van der Waals surface area contributed by atoms with Crippen molar-refractivity contribution in [3.8, 4) is 5.75 Å². The van der Waals surface area contributed by atoms with Crippen LogP contribution in [0.2, 0.25) is 0 Å². The molecular weight excluding hydrogens is 367 g/mol. The van der Waals surface area contributed by atoms with Crippen molar-refractivity contribution in [2.75, 3.05) is 6.61 Å². The van der Waals surface area contributed by atoms with Crippen LogP contribution < -0.4 is 10.1 Å². The molecule has 18 heavy (non-hydrogen) atoms. The number of halogens is 1. The first-order valence-corrected chi connectivity index (χ1v) is 6.56. The summed E-state index contributed by atoms with van der Waals surface area (Å²) in [5, 5.41) is 3.26. The van der Waals surface area contributed by atoms with Crippen LogP contribution in [0.25, 0.3) is 5.70 Å². The van der Waals surface area contributed by atoms with Gasteiger partial charge in [-0.3, -0.25) is 0 Å². The first-order valence-electron chi connectivity index (χ1n) is 5.64. The van der Waals surface area contributed by atoms with Crippen molar-refractivity contribution in [3.05, 3.63) is 48.2 Å². The number of hydrogen-bond donors (Lipinski definition) is 1. The molecule has 2 rings (SSSR count). The molecule has 0 aromatic heterocycles. The van der Waals surface area contributed by atoms with Gasteiger partial charge in [0, 0.05) is 43.2 Å². The molecule has 0 amide bonds. The van der Waals surface area contributed by atoms with Gasteiger partial charge in [0.25, 0.3) is 0 Å². The second-order valence-corrected chi connectivity index (χ2v) is 4.94. The molecule has 2 nitrogen and oxygen atoms in total. The second-order valence-electron chi connectivity index (χ2n) is 3.83. The summed E-state index contributed by atoms with van der Waals surface area (Å²) in [5.74, 6) is 0.893. The van der Waals surface area contributed by atoms with Crippen LogP contribution >= 0.6 is 15.9 Å². The number of rotatable bonds is 3. The maximum Gasteiger partial charge on any atom is 0.116 e. The van der Waals surface area contributed by atoms with Crippen LogP contribution in [0.5, 0.6) is 5.75 Å². The van der Waals surface area contributed by atoms with E-state index in [1.807, 2.05) is 31.2 Å². The number of ether oxygens (including phenoxy) is 1. The molecule has 1 aliphatic heterocycles. The average Bonchev–Trinajstić information content (AvgIpc) is 2.34. The van der Waals surface area contributed by atoms with Gasteiger partial charge in [0.2, 0.25) is 0 Å². The minimum absolute atomic E-state index is 0. The van der Waals surface area contributed by atoms with E-state index in [9.17, 15) is 0 Å². The van der Waals surface area contributed by atoms with Gasteiger partial charge >= 0.3 is 0 Å². The summed E-state index contributed by atoms with van der Waals surface area (Å²) >= 11 is 3.53. The number of hydrogen-bond acceptors (Lipinski definition) is 2. The van der Waals surface area contributed by atoms with E-state index in [0.29, 0.717) is 6.61 Å². The van der Waals surface area contributed by atoms with E-state index >= 15 is 0 Å². The molecule has 1 N–H and O–H groups in total. The third-order valence-corrected chi connectivity index (χ3v) is 3.45. The van der Waals surface area contributed by atoms with E-state index in [4.69, 9.17) is 4.74 Å². The predicted octanol–water partition coefficient (Wildman–Crippen LogP) is 3.50. The Morgan fingerprint density at radius 1 is 1.44 bits per heavy atom. The molecular formula is C14H15BrNOY-. The minimum Gasteiger partial charge on any atom is -0.494 e. The van der Waals surface area contributed by atoms with Crippen LogP contribution in [0.1, 0.15) is 18.9 Å². The molecule has 1 unspecified atom stereocenters. The SMILES string of the molecule is C=C1NC(c2ccc(OCC)cc2)=[C-]CC1Br.[Y]. The average molecular weight is 382 g/mol. The summed E-state index contributed by atoms with van der Waals surface area (Å²) in [4.78, 5) is 0.272. The Labute approximate surface area is 142 Å². The van der Waals surface area contributed by atoms with Crippen molar-refractivity contribution < 1.29 is 37.4 Å². The Morgan fingerprint density at radius 2 is 2.11 bits per heavy atom. The molecule has 4 heteroatoms. The van der Waals surface area contributed by atoms with Crippen LogP contribution in [0.3, 0.4) is 0 Å². The van der Waals surface area contributed by atoms with Crippen LogP contribution in [-0.4, -0.2) is 11.4 Å². The van der Waals surface area contributed by atoms with Crippen LogP contribution in [0.15, 0.2) is 36.5 Å². The van der Waals surface area contributed by atoms with Gasteiger partial charge in [0.05, 0.1) is 6.61 Å². The van der Waals surface area contributed by atoms with Gasteiger partial charge in [0.1, 0.15) is 5.75 Å². The summed E-state index contributed by atoms with van der Waals surface area (Å²) in [6.07, 6.45) is 4.17. The van der Waals surface area contributed by atoms with Crippen molar-refractivity contribution in [3.63, 3.8) is 0 Å². The molecule has 0 bridgehead atoms. The van der Waals surface area contributed by atoms with Gasteiger partial charge in [-0.2, -0.15) is 5.56 Å². The van der Waals surface area contributed by atoms with Gasteiger partial charge in [0.15, 0.2) is 0 Å². The van der Waals surface area contributed by atoms with Gasteiger partial charge in [-0.05, 0) is 19.1 Å². The zero-order chi connectivity index (χ0) is 12.3. The van der Waals surface area contributed by atoms with E-state index < -0.39 is 0 Å². The fraction of sp³-hybridized carbons (Fsp3) is 0.286. The van der Waals surface area contributed by atoms with Crippen molar-refractivity contribution in [2.24, 2.45) is 0 Å².